The van der Waals surface area contributed by atoms with Crippen LogP contribution in [0, 0.1) is 11.6 Å². The molecule has 3 aromatic rings. The summed E-state index contributed by atoms with van der Waals surface area (Å²) in [6.45, 7) is 2.91. The number of ether oxygens (including phenoxy) is 1. The Morgan fingerprint density at radius 3 is 2.71 bits per heavy atom. The molecule has 7 nitrogen and oxygen atoms in total. The molecule has 0 fully saturated rings. The Labute approximate surface area is 168 Å². The Balaban J connectivity index is 1.62. The van der Waals surface area contributed by atoms with Crippen molar-refractivity contribution in [3.05, 3.63) is 64.2 Å². The highest BCUT2D eigenvalue weighted by atomic mass is 79.9. The molecule has 0 saturated carbocycles. The minimum Gasteiger partial charge on any atom is -0.468 e. The SMILES string of the molecule is CCn1cc(Br)c(CN(C)C(=O)c2ccn(COc3ccc(F)cc3F)n2)n1. The van der Waals surface area contributed by atoms with Gasteiger partial charge in [0.1, 0.15) is 5.82 Å². The lowest BCUT2D eigenvalue weighted by Crippen LogP contribution is -2.27. The fraction of sp³-hybridized carbons (Fsp3) is 0.278. The summed E-state index contributed by atoms with van der Waals surface area (Å²) < 4.78 is 35.7. The van der Waals surface area contributed by atoms with Crippen molar-refractivity contribution in [3.63, 3.8) is 0 Å². The number of hydrogen-bond donors (Lipinski definition) is 0. The maximum absolute atomic E-state index is 13.6. The number of hydrogen-bond acceptors (Lipinski definition) is 4. The molecule has 1 amide bonds. The summed E-state index contributed by atoms with van der Waals surface area (Å²) in [6.07, 6.45) is 3.40. The van der Waals surface area contributed by atoms with Gasteiger partial charge in [0.2, 0.25) is 0 Å². The second kappa shape index (κ2) is 8.51. The molecule has 0 aliphatic rings. The Hall–Kier alpha value is -2.75. The number of carbonyl (C=O) groups excluding carboxylic acids is 1. The molecule has 0 unspecified atom stereocenters. The molecule has 0 aliphatic heterocycles. The van der Waals surface area contributed by atoms with Crippen LogP contribution in [0.15, 0.2) is 41.1 Å². The van der Waals surface area contributed by atoms with Crippen LogP contribution < -0.4 is 4.74 Å². The number of aryl methyl sites for hydroxylation is 1. The minimum atomic E-state index is -0.805. The third-order valence-corrected chi connectivity index (χ3v) is 4.61. The zero-order chi connectivity index (χ0) is 20.3. The third kappa shape index (κ3) is 4.56. The molecule has 148 valence electrons. The summed E-state index contributed by atoms with van der Waals surface area (Å²) in [7, 11) is 1.66. The first-order valence-corrected chi connectivity index (χ1v) is 9.25. The lowest BCUT2D eigenvalue weighted by atomic mass is 10.3. The van der Waals surface area contributed by atoms with Crippen LogP contribution in [0.3, 0.4) is 0 Å². The molecule has 2 heterocycles. The largest absolute Gasteiger partial charge is 0.468 e. The number of carbonyl (C=O) groups is 1. The molecular formula is C18H18BrF2N5O2. The highest BCUT2D eigenvalue weighted by Gasteiger charge is 2.18. The molecule has 10 heteroatoms. The highest BCUT2D eigenvalue weighted by Crippen LogP contribution is 2.19. The molecule has 0 saturated heterocycles. The van der Waals surface area contributed by atoms with Crippen LogP contribution in [0.25, 0.3) is 0 Å². The van der Waals surface area contributed by atoms with Gasteiger partial charge in [-0.3, -0.25) is 9.48 Å². The molecule has 0 N–H and O–H groups in total. The van der Waals surface area contributed by atoms with E-state index in [1.807, 2.05) is 13.1 Å². The van der Waals surface area contributed by atoms with Crippen LogP contribution in [-0.4, -0.2) is 37.4 Å². The second-order valence-electron chi connectivity index (χ2n) is 6.03. The summed E-state index contributed by atoms with van der Waals surface area (Å²) in [5.74, 6) is -1.88. The number of amides is 1. The minimum absolute atomic E-state index is 0.0988. The van der Waals surface area contributed by atoms with Gasteiger partial charge in [-0.25, -0.2) is 13.5 Å². The molecule has 1 aromatic carbocycles. The summed E-state index contributed by atoms with van der Waals surface area (Å²) in [6, 6.07) is 4.58. The molecule has 2 aromatic heterocycles. The first-order chi connectivity index (χ1) is 13.4. The summed E-state index contributed by atoms with van der Waals surface area (Å²) in [5, 5.41) is 8.54. The van der Waals surface area contributed by atoms with Crippen molar-refractivity contribution in [2.24, 2.45) is 0 Å². The predicted molar refractivity (Wildman–Crippen MR) is 101 cm³/mol. The van der Waals surface area contributed by atoms with Crippen LogP contribution in [0.1, 0.15) is 23.1 Å². The van der Waals surface area contributed by atoms with Gasteiger partial charge in [0.25, 0.3) is 5.91 Å². The van der Waals surface area contributed by atoms with E-state index in [0.717, 1.165) is 28.8 Å². The van der Waals surface area contributed by atoms with Gasteiger partial charge in [-0.1, -0.05) is 0 Å². The van der Waals surface area contributed by atoms with Crippen LogP contribution >= 0.6 is 15.9 Å². The van der Waals surface area contributed by atoms with E-state index >= 15 is 0 Å². The first kappa shape index (κ1) is 20.0. The van der Waals surface area contributed by atoms with E-state index in [-0.39, 0.29) is 24.1 Å². The Bertz CT molecular complexity index is 988. The average Bonchev–Trinajstić information content (AvgIpc) is 3.27. The third-order valence-electron chi connectivity index (χ3n) is 3.95. The van der Waals surface area contributed by atoms with Crippen molar-refractivity contribution in [1.29, 1.82) is 0 Å². The van der Waals surface area contributed by atoms with Crippen molar-refractivity contribution < 1.29 is 18.3 Å². The van der Waals surface area contributed by atoms with Gasteiger partial charge < -0.3 is 9.64 Å². The molecule has 0 radical (unpaired) electrons. The van der Waals surface area contributed by atoms with E-state index in [9.17, 15) is 13.6 Å². The first-order valence-electron chi connectivity index (χ1n) is 8.46. The molecule has 0 aliphatic carbocycles. The molecule has 28 heavy (non-hydrogen) atoms. The van der Waals surface area contributed by atoms with Gasteiger partial charge in [-0.2, -0.15) is 10.2 Å². The van der Waals surface area contributed by atoms with Gasteiger partial charge in [-0.05, 0) is 41.1 Å². The van der Waals surface area contributed by atoms with Crippen molar-refractivity contribution in [2.45, 2.75) is 26.7 Å². The van der Waals surface area contributed by atoms with E-state index in [4.69, 9.17) is 4.74 Å². The maximum Gasteiger partial charge on any atom is 0.274 e. The van der Waals surface area contributed by atoms with E-state index in [1.54, 1.807) is 24.0 Å². The summed E-state index contributed by atoms with van der Waals surface area (Å²) in [4.78, 5) is 14.1. The van der Waals surface area contributed by atoms with Crippen molar-refractivity contribution in [3.8, 4) is 5.75 Å². The summed E-state index contributed by atoms with van der Waals surface area (Å²) in [5.41, 5.74) is 0.962. The van der Waals surface area contributed by atoms with Crippen molar-refractivity contribution in [2.75, 3.05) is 7.05 Å². The van der Waals surface area contributed by atoms with Crippen LogP contribution in [0.2, 0.25) is 0 Å². The normalized spacial score (nSPS) is 10.9. The topological polar surface area (TPSA) is 65.2 Å². The predicted octanol–water partition coefficient (Wildman–Crippen LogP) is 3.45. The molecule has 3 rings (SSSR count). The highest BCUT2D eigenvalue weighted by molar-refractivity contribution is 9.10. The standard InChI is InChI=1S/C18H18BrF2N5O2/c1-3-25-9-13(19)16(23-25)10-24(2)18(27)15-6-7-26(22-15)11-28-17-5-4-12(20)8-14(17)21/h4-9H,3,10-11H2,1-2H3. The second-order valence-corrected chi connectivity index (χ2v) is 6.88. The van der Waals surface area contributed by atoms with E-state index in [0.29, 0.717) is 6.54 Å². The quantitative estimate of drug-likeness (QED) is 0.549. The maximum atomic E-state index is 13.6. The van der Waals surface area contributed by atoms with Gasteiger partial charge >= 0.3 is 0 Å². The summed E-state index contributed by atoms with van der Waals surface area (Å²) >= 11 is 3.44. The zero-order valence-corrected chi connectivity index (χ0v) is 16.9. The number of halogens is 3. The number of aromatic nitrogens is 4. The Morgan fingerprint density at radius 1 is 1.25 bits per heavy atom. The van der Waals surface area contributed by atoms with E-state index < -0.39 is 11.6 Å². The fourth-order valence-electron chi connectivity index (χ4n) is 2.47. The number of nitrogens with zero attached hydrogens (tertiary/aromatic N) is 5. The lowest BCUT2D eigenvalue weighted by molar-refractivity contribution is 0.0775. The smallest absolute Gasteiger partial charge is 0.274 e. The van der Waals surface area contributed by atoms with Gasteiger partial charge in [0.15, 0.2) is 24.0 Å². The molecule has 0 atom stereocenters. The van der Waals surface area contributed by atoms with Crippen LogP contribution in [0.4, 0.5) is 8.78 Å². The number of rotatable bonds is 7. The van der Waals surface area contributed by atoms with E-state index in [2.05, 4.69) is 26.1 Å². The van der Waals surface area contributed by atoms with Gasteiger partial charge in [0.05, 0.1) is 16.7 Å². The molecule has 0 spiro atoms. The lowest BCUT2D eigenvalue weighted by Gasteiger charge is -2.14. The average molecular weight is 454 g/mol. The number of benzene rings is 1. The van der Waals surface area contributed by atoms with Gasteiger partial charge in [-0.15, -0.1) is 0 Å². The molecular weight excluding hydrogens is 436 g/mol. The fourth-order valence-corrected chi connectivity index (χ4v) is 2.91. The monoisotopic (exact) mass is 453 g/mol. The van der Waals surface area contributed by atoms with Gasteiger partial charge in [0, 0.05) is 32.1 Å². The Morgan fingerprint density at radius 2 is 2.04 bits per heavy atom. The molecule has 0 bridgehead atoms. The van der Waals surface area contributed by atoms with Crippen LogP contribution in [0.5, 0.6) is 5.75 Å². The van der Waals surface area contributed by atoms with Crippen molar-refractivity contribution >= 4 is 21.8 Å². The zero-order valence-electron chi connectivity index (χ0n) is 15.3. The van der Waals surface area contributed by atoms with Crippen molar-refractivity contribution in [1.82, 2.24) is 24.5 Å². The van der Waals surface area contributed by atoms with Crippen LogP contribution in [-0.2, 0) is 19.8 Å². The Kier molecular flexibility index (Phi) is 6.08. The van der Waals surface area contributed by atoms with E-state index in [1.165, 1.54) is 15.6 Å².